The molecule has 2 aliphatic heterocycles. The molecule has 142 valence electrons. The van der Waals surface area contributed by atoms with Crippen molar-refractivity contribution in [3.05, 3.63) is 60.0 Å². The minimum atomic E-state index is -0.793. The lowest BCUT2D eigenvalue weighted by Gasteiger charge is -2.17. The summed E-state index contributed by atoms with van der Waals surface area (Å²) < 4.78 is 15.0. The Hall–Kier alpha value is -3.42. The molecule has 0 saturated carbocycles. The minimum absolute atomic E-state index is 0.123. The summed E-state index contributed by atoms with van der Waals surface area (Å²) in [4.78, 5) is 20.7. The van der Waals surface area contributed by atoms with Crippen LogP contribution in [0.1, 0.15) is 22.5 Å². The number of pyridine rings is 1. The van der Waals surface area contributed by atoms with Gasteiger partial charge < -0.3 is 14.9 Å². The van der Waals surface area contributed by atoms with E-state index in [2.05, 4.69) is 10.1 Å². The van der Waals surface area contributed by atoms with Crippen molar-refractivity contribution in [3.8, 4) is 11.4 Å². The number of aromatic hydroxyl groups is 1. The molecular formula is C20H18FN5O2. The van der Waals surface area contributed by atoms with E-state index in [1.807, 2.05) is 17.0 Å². The van der Waals surface area contributed by atoms with Crippen molar-refractivity contribution in [3.63, 3.8) is 0 Å². The van der Waals surface area contributed by atoms with Gasteiger partial charge in [-0.1, -0.05) is 0 Å². The van der Waals surface area contributed by atoms with Crippen molar-refractivity contribution in [2.75, 3.05) is 22.9 Å². The highest BCUT2D eigenvalue weighted by molar-refractivity contribution is 6.09. The van der Waals surface area contributed by atoms with E-state index in [0.717, 1.165) is 17.2 Å². The normalized spacial score (nSPS) is 18.8. The number of nitrogens with zero attached hydrogens (tertiary/aromatic N) is 5. The van der Waals surface area contributed by atoms with Crippen molar-refractivity contribution < 1.29 is 14.3 Å². The van der Waals surface area contributed by atoms with Crippen LogP contribution in [-0.2, 0) is 6.54 Å². The number of amides is 1. The molecule has 7 nitrogen and oxygen atoms in total. The number of halogens is 1. The number of carbonyl (C=O) groups is 1. The average molecular weight is 379 g/mol. The Labute approximate surface area is 160 Å². The Morgan fingerprint density at radius 3 is 2.54 bits per heavy atom. The third kappa shape index (κ3) is 2.77. The Balaban J connectivity index is 1.36. The second kappa shape index (κ2) is 6.33. The molecule has 0 unspecified atom stereocenters. The van der Waals surface area contributed by atoms with E-state index in [9.17, 15) is 14.3 Å². The zero-order valence-electron chi connectivity index (χ0n) is 15.0. The number of phenols is 1. The van der Waals surface area contributed by atoms with Gasteiger partial charge >= 0.3 is 0 Å². The monoisotopic (exact) mass is 379 g/mol. The Morgan fingerprint density at radius 1 is 1.11 bits per heavy atom. The fourth-order valence-corrected chi connectivity index (χ4v) is 3.67. The fourth-order valence-electron chi connectivity index (χ4n) is 3.67. The summed E-state index contributed by atoms with van der Waals surface area (Å²) in [5.74, 6) is 0.783. The molecule has 2 aliphatic rings. The Kier molecular flexibility index (Phi) is 3.78. The predicted octanol–water partition coefficient (Wildman–Crippen LogP) is 2.68. The molecule has 0 spiro atoms. The molecule has 2 aromatic heterocycles. The first-order chi connectivity index (χ1) is 13.6. The maximum absolute atomic E-state index is 13.4. The molecule has 1 N–H and O–H groups in total. The van der Waals surface area contributed by atoms with Gasteiger partial charge in [0.15, 0.2) is 0 Å². The number of hydrogen-bond acceptors (Lipinski definition) is 5. The number of fused-ring (bicyclic) bond motifs is 1. The summed E-state index contributed by atoms with van der Waals surface area (Å²) in [5, 5.41) is 14.0. The molecule has 1 saturated heterocycles. The lowest BCUT2D eigenvalue weighted by molar-refractivity contribution is 0.0996. The van der Waals surface area contributed by atoms with Crippen LogP contribution in [-0.4, -0.2) is 45.0 Å². The standard InChI is InChI=1S/C20H18FN5O2/c21-13-7-8-24(10-13)19-6-3-15(9-22-19)26-11-17-18(23-26)12-25(20(17)28)14-1-4-16(27)5-2-14/h1-6,9,11,13,27H,7-8,10,12H2/t13-/m0/s1. The molecule has 4 heterocycles. The molecule has 1 fully saturated rings. The first kappa shape index (κ1) is 16.7. The van der Waals surface area contributed by atoms with Gasteiger partial charge in [0, 0.05) is 18.4 Å². The van der Waals surface area contributed by atoms with E-state index >= 15 is 0 Å². The second-order valence-electron chi connectivity index (χ2n) is 7.05. The van der Waals surface area contributed by atoms with E-state index in [1.54, 1.807) is 46.2 Å². The van der Waals surface area contributed by atoms with Crippen molar-refractivity contribution in [1.82, 2.24) is 14.8 Å². The molecule has 1 amide bonds. The number of alkyl halides is 1. The first-order valence-corrected chi connectivity index (χ1v) is 9.13. The summed E-state index contributed by atoms with van der Waals surface area (Å²) in [6, 6.07) is 10.2. The quantitative estimate of drug-likeness (QED) is 0.757. The number of aromatic nitrogens is 3. The van der Waals surface area contributed by atoms with Gasteiger partial charge in [0.1, 0.15) is 17.7 Å². The van der Waals surface area contributed by atoms with Gasteiger partial charge in [-0.25, -0.2) is 14.1 Å². The van der Waals surface area contributed by atoms with Gasteiger partial charge in [-0.05, 0) is 42.8 Å². The molecule has 0 radical (unpaired) electrons. The van der Waals surface area contributed by atoms with E-state index in [1.165, 1.54) is 0 Å². The van der Waals surface area contributed by atoms with Crippen LogP contribution in [0, 0.1) is 0 Å². The van der Waals surface area contributed by atoms with E-state index < -0.39 is 6.17 Å². The van der Waals surface area contributed by atoms with Crippen LogP contribution in [0.4, 0.5) is 15.9 Å². The molecule has 28 heavy (non-hydrogen) atoms. The van der Waals surface area contributed by atoms with Crippen molar-refractivity contribution in [2.24, 2.45) is 0 Å². The molecular weight excluding hydrogens is 361 g/mol. The van der Waals surface area contributed by atoms with Gasteiger partial charge in [0.05, 0.1) is 36.2 Å². The highest BCUT2D eigenvalue weighted by atomic mass is 19.1. The SMILES string of the molecule is O=C1c2cn(-c3ccc(N4CC[C@H](F)C4)nc3)nc2CN1c1ccc(O)cc1. The smallest absolute Gasteiger partial charge is 0.262 e. The summed E-state index contributed by atoms with van der Waals surface area (Å²) in [6.07, 6.45) is 3.14. The molecule has 1 atom stereocenters. The van der Waals surface area contributed by atoms with E-state index in [-0.39, 0.29) is 11.7 Å². The maximum Gasteiger partial charge on any atom is 0.262 e. The van der Waals surface area contributed by atoms with E-state index in [0.29, 0.717) is 37.3 Å². The largest absolute Gasteiger partial charge is 0.508 e. The highest BCUT2D eigenvalue weighted by Crippen LogP contribution is 2.29. The Morgan fingerprint density at radius 2 is 1.89 bits per heavy atom. The van der Waals surface area contributed by atoms with Crippen molar-refractivity contribution in [1.29, 1.82) is 0 Å². The maximum atomic E-state index is 13.4. The summed E-state index contributed by atoms with van der Waals surface area (Å²) in [5.41, 5.74) is 2.72. The first-order valence-electron chi connectivity index (χ1n) is 9.13. The van der Waals surface area contributed by atoms with Gasteiger partial charge in [-0.2, -0.15) is 5.10 Å². The van der Waals surface area contributed by atoms with Crippen LogP contribution in [0.15, 0.2) is 48.8 Å². The zero-order valence-corrected chi connectivity index (χ0v) is 15.0. The number of anilines is 2. The number of benzene rings is 1. The third-order valence-electron chi connectivity index (χ3n) is 5.19. The second-order valence-corrected chi connectivity index (χ2v) is 7.05. The van der Waals surface area contributed by atoms with Crippen LogP contribution in [0.3, 0.4) is 0 Å². The van der Waals surface area contributed by atoms with Crippen LogP contribution >= 0.6 is 0 Å². The molecule has 3 aromatic rings. The van der Waals surface area contributed by atoms with Crippen LogP contribution in [0.5, 0.6) is 5.75 Å². The molecule has 0 bridgehead atoms. The number of phenolic OH excluding ortho intramolecular Hbond substituents is 1. The fraction of sp³-hybridized carbons (Fsp3) is 0.250. The van der Waals surface area contributed by atoms with Crippen molar-refractivity contribution >= 4 is 17.4 Å². The van der Waals surface area contributed by atoms with Crippen LogP contribution in [0.2, 0.25) is 0 Å². The lowest BCUT2D eigenvalue weighted by Crippen LogP contribution is -2.23. The molecule has 8 heteroatoms. The average Bonchev–Trinajstić information content (AvgIpc) is 3.39. The molecule has 5 rings (SSSR count). The number of carbonyl (C=O) groups excluding carboxylic acids is 1. The van der Waals surface area contributed by atoms with E-state index in [4.69, 9.17) is 0 Å². The van der Waals surface area contributed by atoms with Crippen molar-refractivity contribution in [2.45, 2.75) is 19.1 Å². The molecule has 1 aromatic carbocycles. The van der Waals surface area contributed by atoms with Gasteiger partial charge in [-0.15, -0.1) is 0 Å². The lowest BCUT2D eigenvalue weighted by atomic mass is 10.2. The van der Waals surface area contributed by atoms with Crippen LogP contribution < -0.4 is 9.80 Å². The minimum Gasteiger partial charge on any atom is -0.508 e. The number of rotatable bonds is 3. The van der Waals surface area contributed by atoms with Gasteiger partial charge in [-0.3, -0.25) is 4.79 Å². The predicted molar refractivity (Wildman–Crippen MR) is 102 cm³/mol. The topological polar surface area (TPSA) is 74.5 Å². The third-order valence-corrected chi connectivity index (χ3v) is 5.19. The Bertz CT molecular complexity index is 1030. The highest BCUT2D eigenvalue weighted by Gasteiger charge is 2.32. The summed E-state index contributed by atoms with van der Waals surface area (Å²) >= 11 is 0. The van der Waals surface area contributed by atoms with Gasteiger partial charge in [0.25, 0.3) is 5.91 Å². The summed E-state index contributed by atoms with van der Waals surface area (Å²) in [7, 11) is 0. The number of hydrogen-bond donors (Lipinski definition) is 1. The molecule has 0 aliphatic carbocycles. The van der Waals surface area contributed by atoms with Crippen LogP contribution in [0.25, 0.3) is 5.69 Å². The zero-order chi connectivity index (χ0) is 19.3. The summed E-state index contributed by atoms with van der Waals surface area (Å²) in [6.45, 7) is 1.43. The van der Waals surface area contributed by atoms with Gasteiger partial charge in [0.2, 0.25) is 0 Å².